The summed E-state index contributed by atoms with van der Waals surface area (Å²) in [7, 11) is 0. The fourth-order valence-electron chi connectivity index (χ4n) is 2.00. The molecule has 9 nitrogen and oxygen atoms in total. The van der Waals surface area contributed by atoms with Crippen LogP contribution in [0.3, 0.4) is 0 Å². The van der Waals surface area contributed by atoms with Gasteiger partial charge in [0.25, 0.3) is 11.4 Å². The number of nitro benzene ring substituents is 2. The third kappa shape index (κ3) is 2.71. The fourth-order valence-corrected chi connectivity index (χ4v) is 2.00. The number of nitrogens with zero attached hydrogens (tertiary/aromatic N) is 2. The summed E-state index contributed by atoms with van der Waals surface area (Å²) in [6, 6.07) is 6.77. The lowest BCUT2D eigenvalue weighted by Gasteiger charge is -2.08. The molecule has 0 aliphatic heterocycles. The molecule has 0 radical (unpaired) electrons. The number of nitro groups is 2. The average Bonchev–Trinajstić information content (AvgIpc) is 2.43. The number of non-ortho nitro benzene ring substituents is 1. The summed E-state index contributed by atoms with van der Waals surface area (Å²) in [4.78, 5) is 31.0. The van der Waals surface area contributed by atoms with Crippen LogP contribution in [0.5, 0.6) is 0 Å². The van der Waals surface area contributed by atoms with Gasteiger partial charge in [0, 0.05) is 5.39 Å². The zero-order valence-electron chi connectivity index (χ0n) is 10.4. The molecular weight excluding hydrogens is 284 g/mol. The average molecular weight is 292 g/mol. The second-order valence-corrected chi connectivity index (χ2v) is 4.01. The summed E-state index contributed by atoms with van der Waals surface area (Å²) in [6.45, 7) is -0.565. The molecular formula is C12H8N2O7. The normalized spacial score (nSPS) is 10.3. The van der Waals surface area contributed by atoms with Gasteiger partial charge >= 0.3 is 6.16 Å². The molecule has 0 heterocycles. The van der Waals surface area contributed by atoms with E-state index in [2.05, 4.69) is 4.74 Å². The van der Waals surface area contributed by atoms with Crippen LogP contribution in [-0.2, 0) is 11.3 Å². The Morgan fingerprint density at radius 1 is 1.10 bits per heavy atom. The molecule has 0 unspecified atom stereocenters. The number of rotatable bonds is 4. The highest BCUT2D eigenvalue weighted by Crippen LogP contribution is 2.35. The van der Waals surface area contributed by atoms with Gasteiger partial charge in [-0.3, -0.25) is 20.2 Å². The molecule has 0 bridgehead atoms. The minimum atomic E-state index is -1.59. The molecule has 0 spiro atoms. The van der Waals surface area contributed by atoms with Crippen molar-refractivity contribution in [3.05, 3.63) is 56.1 Å². The van der Waals surface area contributed by atoms with E-state index in [-0.39, 0.29) is 16.3 Å². The van der Waals surface area contributed by atoms with E-state index >= 15 is 0 Å². The minimum Gasteiger partial charge on any atom is -0.450 e. The molecule has 108 valence electrons. The molecule has 0 fully saturated rings. The topological polar surface area (TPSA) is 133 Å². The maximum atomic E-state index is 11.1. The first-order valence-corrected chi connectivity index (χ1v) is 5.61. The number of hydrogen-bond donors (Lipinski definition) is 1. The second kappa shape index (κ2) is 5.41. The van der Waals surface area contributed by atoms with E-state index in [1.165, 1.54) is 12.1 Å². The molecule has 0 aromatic heterocycles. The van der Waals surface area contributed by atoms with E-state index in [1.807, 2.05) is 0 Å². The van der Waals surface area contributed by atoms with E-state index in [1.54, 1.807) is 12.1 Å². The molecule has 9 heteroatoms. The first-order chi connectivity index (χ1) is 9.91. The standard InChI is InChI=1S/C12H8N2O7/c15-12(16)21-6-9-7-3-1-2-4-8(7)10(13(17)18)5-11(9)14(19)20/h1-5H,6H2,(H,15,16). The maximum absolute atomic E-state index is 11.1. The largest absolute Gasteiger partial charge is 0.506 e. The van der Waals surface area contributed by atoms with Gasteiger partial charge in [-0.1, -0.05) is 18.2 Å². The third-order valence-corrected chi connectivity index (χ3v) is 2.84. The Morgan fingerprint density at radius 3 is 2.19 bits per heavy atom. The van der Waals surface area contributed by atoms with E-state index in [4.69, 9.17) is 5.11 Å². The Balaban J connectivity index is 2.77. The van der Waals surface area contributed by atoms with Crippen LogP contribution < -0.4 is 0 Å². The molecule has 2 aromatic rings. The second-order valence-electron chi connectivity index (χ2n) is 4.01. The molecule has 2 aromatic carbocycles. The first kappa shape index (κ1) is 14.2. The Morgan fingerprint density at radius 2 is 1.67 bits per heavy atom. The fraction of sp³-hybridized carbons (Fsp3) is 0.0833. The SMILES string of the molecule is O=C(O)OCc1c([N+](=O)[O-])cc([N+](=O)[O-])c2ccccc12. The molecule has 0 saturated carbocycles. The van der Waals surface area contributed by atoms with Crippen LogP contribution >= 0.6 is 0 Å². The number of carboxylic acid groups (broad SMARTS) is 1. The summed E-state index contributed by atoms with van der Waals surface area (Å²) >= 11 is 0. The summed E-state index contributed by atoms with van der Waals surface area (Å²) in [5.74, 6) is 0. The number of hydrogen-bond acceptors (Lipinski definition) is 6. The van der Waals surface area contributed by atoms with E-state index in [9.17, 15) is 25.0 Å². The molecule has 0 saturated heterocycles. The Kier molecular flexibility index (Phi) is 3.65. The van der Waals surface area contributed by atoms with Gasteiger partial charge < -0.3 is 9.84 Å². The summed E-state index contributed by atoms with van der Waals surface area (Å²) in [5, 5.41) is 31.0. The van der Waals surface area contributed by atoms with Crippen LogP contribution in [0.2, 0.25) is 0 Å². The first-order valence-electron chi connectivity index (χ1n) is 5.61. The lowest BCUT2D eigenvalue weighted by atomic mass is 10.0. The van der Waals surface area contributed by atoms with Crippen LogP contribution in [0, 0.1) is 20.2 Å². The smallest absolute Gasteiger partial charge is 0.450 e. The highest BCUT2D eigenvalue weighted by Gasteiger charge is 2.25. The molecule has 1 N–H and O–H groups in total. The van der Waals surface area contributed by atoms with Crippen LogP contribution in [0.4, 0.5) is 16.2 Å². The van der Waals surface area contributed by atoms with E-state index in [0.29, 0.717) is 0 Å². The van der Waals surface area contributed by atoms with Gasteiger partial charge in [-0.15, -0.1) is 0 Å². The summed E-state index contributed by atoms with van der Waals surface area (Å²) in [5.41, 5.74) is -0.998. The van der Waals surface area contributed by atoms with Crippen molar-refractivity contribution < 1.29 is 24.5 Å². The predicted molar refractivity (Wildman–Crippen MR) is 70.1 cm³/mol. The van der Waals surface area contributed by atoms with Crippen LogP contribution in [0.25, 0.3) is 10.8 Å². The molecule has 0 atom stereocenters. The lowest BCUT2D eigenvalue weighted by Crippen LogP contribution is -2.05. The van der Waals surface area contributed by atoms with Crippen molar-refractivity contribution in [3.63, 3.8) is 0 Å². The zero-order chi connectivity index (χ0) is 15.6. The molecule has 0 aliphatic rings. The molecule has 21 heavy (non-hydrogen) atoms. The third-order valence-electron chi connectivity index (χ3n) is 2.84. The van der Waals surface area contributed by atoms with E-state index in [0.717, 1.165) is 6.07 Å². The van der Waals surface area contributed by atoms with Crippen LogP contribution in [0.1, 0.15) is 5.56 Å². The summed E-state index contributed by atoms with van der Waals surface area (Å²) < 4.78 is 4.37. The van der Waals surface area contributed by atoms with Gasteiger partial charge in [-0.05, 0) is 6.07 Å². The van der Waals surface area contributed by atoms with Crippen molar-refractivity contribution in [2.24, 2.45) is 0 Å². The van der Waals surface area contributed by atoms with Crippen molar-refractivity contribution in [2.75, 3.05) is 0 Å². The van der Waals surface area contributed by atoms with Gasteiger partial charge in [0.05, 0.1) is 26.9 Å². The highest BCUT2D eigenvalue weighted by molar-refractivity contribution is 5.96. The number of fused-ring (bicyclic) bond motifs is 1. The molecule has 2 rings (SSSR count). The van der Waals surface area contributed by atoms with Crippen molar-refractivity contribution >= 4 is 28.3 Å². The van der Waals surface area contributed by atoms with Crippen molar-refractivity contribution in [1.29, 1.82) is 0 Å². The maximum Gasteiger partial charge on any atom is 0.506 e. The van der Waals surface area contributed by atoms with Gasteiger partial charge in [0.15, 0.2) is 0 Å². The molecule has 0 aliphatic carbocycles. The van der Waals surface area contributed by atoms with Gasteiger partial charge in [0.2, 0.25) is 0 Å². The minimum absolute atomic E-state index is 0.0244. The Bertz CT molecular complexity index is 757. The number of ether oxygens (including phenoxy) is 1. The van der Waals surface area contributed by atoms with Crippen molar-refractivity contribution in [1.82, 2.24) is 0 Å². The zero-order valence-corrected chi connectivity index (χ0v) is 10.4. The molecule has 0 amide bonds. The van der Waals surface area contributed by atoms with Gasteiger partial charge in [0.1, 0.15) is 6.61 Å². The number of benzene rings is 2. The van der Waals surface area contributed by atoms with Gasteiger partial charge in [-0.25, -0.2) is 4.79 Å². The quantitative estimate of drug-likeness (QED) is 0.520. The summed E-state index contributed by atoms with van der Waals surface area (Å²) in [6.07, 6.45) is -1.59. The van der Waals surface area contributed by atoms with Crippen molar-refractivity contribution in [3.8, 4) is 0 Å². The lowest BCUT2D eigenvalue weighted by molar-refractivity contribution is -0.393. The number of carbonyl (C=O) groups is 1. The van der Waals surface area contributed by atoms with Crippen molar-refractivity contribution in [2.45, 2.75) is 6.61 Å². The van der Waals surface area contributed by atoms with Crippen LogP contribution in [-0.4, -0.2) is 21.1 Å². The van der Waals surface area contributed by atoms with Crippen LogP contribution in [0.15, 0.2) is 30.3 Å². The highest BCUT2D eigenvalue weighted by atomic mass is 16.7. The van der Waals surface area contributed by atoms with Gasteiger partial charge in [-0.2, -0.15) is 0 Å². The predicted octanol–water partition coefficient (Wildman–Crippen LogP) is 2.85. The van der Waals surface area contributed by atoms with E-state index < -0.39 is 34.0 Å². The Hall–Kier alpha value is -3.23. The Labute approximate surface area is 116 Å². The monoisotopic (exact) mass is 292 g/mol.